The van der Waals surface area contributed by atoms with Crippen molar-refractivity contribution in [3.05, 3.63) is 70.2 Å². The number of allylic oxidation sites excluding steroid dienone is 2. The monoisotopic (exact) mass is 344 g/mol. The van der Waals surface area contributed by atoms with E-state index in [-0.39, 0.29) is 17.8 Å². The summed E-state index contributed by atoms with van der Waals surface area (Å²) in [6.07, 6.45) is 9.05. The van der Waals surface area contributed by atoms with Gasteiger partial charge in [0, 0.05) is 22.8 Å². The molecular weight excluding hydrogens is 331 g/mol. The number of halogens is 2. The molecular formula is C17H14BrFN2. The third-order valence-corrected chi connectivity index (χ3v) is 4.89. The van der Waals surface area contributed by atoms with Gasteiger partial charge in [0.1, 0.15) is 5.82 Å². The van der Waals surface area contributed by atoms with E-state index in [9.17, 15) is 4.39 Å². The normalized spacial score (nSPS) is 26.1. The third-order valence-electron chi connectivity index (χ3n) is 4.43. The Kier molecular flexibility index (Phi) is 3.07. The molecule has 2 nitrogen and oxygen atoms in total. The molecule has 1 aliphatic carbocycles. The van der Waals surface area contributed by atoms with E-state index in [4.69, 9.17) is 0 Å². The number of rotatable bonds is 1. The lowest BCUT2D eigenvalue weighted by Gasteiger charge is -2.37. The number of hydrogen-bond donors (Lipinski definition) is 1. The molecule has 0 unspecified atom stereocenters. The highest BCUT2D eigenvalue weighted by molar-refractivity contribution is 9.10. The highest BCUT2D eigenvalue weighted by Crippen LogP contribution is 2.50. The topological polar surface area (TPSA) is 24.9 Å². The van der Waals surface area contributed by atoms with Gasteiger partial charge in [-0.2, -0.15) is 0 Å². The summed E-state index contributed by atoms with van der Waals surface area (Å²) >= 11 is 3.40. The van der Waals surface area contributed by atoms with Crippen LogP contribution in [-0.2, 0) is 0 Å². The SMILES string of the molecule is Fc1cc(Br)cc2c1N[C@@H](c1cccnc1)[C@H]1CC=C[C@H]21. The van der Waals surface area contributed by atoms with Crippen molar-refractivity contribution in [1.82, 2.24) is 4.98 Å². The van der Waals surface area contributed by atoms with Gasteiger partial charge in [0.05, 0.1) is 11.7 Å². The van der Waals surface area contributed by atoms with Crippen LogP contribution in [0.5, 0.6) is 0 Å². The first kappa shape index (κ1) is 13.0. The van der Waals surface area contributed by atoms with Gasteiger partial charge < -0.3 is 5.32 Å². The summed E-state index contributed by atoms with van der Waals surface area (Å²) in [7, 11) is 0. The van der Waals surface area contributed by atoms with Crippen molar-refractivity contribution < 1.29 is 4.39 Å². The first-order valence-electron chi connectivity index (χ1n) is 7.06. The summed E-state index contributed by atoms with van der Waals surface area (Å²) in [4.78, 5) is 4.20. The lowest BCUT2D eigenvalue weighted by atomic mass is 9.77. The van der Waals surface area contributed by atoms with Gasteiger partial charge in [0.25, 0.3) is 0 Å². The molecule has 21 heavy (non-hydrogen) atoms. The number of pyridine rings is 1. The van der Waals surface area contributed by atoms with E-state index in [1.165, 1.54) is 6.07 Å². The standard InChI is InChI=1S/C17H14BrFN2/c18-11-7-14-12-4-1-5-13(12)16(10-3-2-6-20-9-10)21-17(14)15(19)8-11/h1-4,6-9,12-13,16,21H,5H2/t12-,13-,16-/m0/s1. The predicted molar refractivity (Wildman–Crippen MR) is 84.7 cm³/mol. The maximum Gasteiger partial charge on any atom is 0.147 e. The molecule has 2 heterocycles. The summed E-state index contributed by atoms with van der Waals surface area (Å²) in [5.41, 5.74) is 2.78. The van der Waals surface area contributed by atoms with Crippen molar-refractivity contribution in [3.63, 3.8) is 0 Å². The van der Waals surface area contributed by atoms with Crippen molar-refractivity contribution in [2.75, 3.05) is 5.32 Å². The lowest BCUT2D eigenvalue weighted by Crippen LogP contribution is -2.29. The quantitative estimate of drug-likeness (QED) is 0.751. The van der Waals surface area contributed by atoms with Gasteiger partial charge in [-0.3, -0.25) is 4.98 Å². The van der Waals surface area contributed by atoms with Crippen LogP contribution in [0.4, 0.5) is 10.1 Å². The zero-order chi connectivity index (χ0) is 14.4. The Morgan fingerprint density at radius 3 is 3.05 bits per heavy atom. The van der Waals surface area contributed by atoms with Crippen LogP contribution in [0.1, 0.15) is 29.5 Å². The van der Waals surface area contributed by atoms with Gasteiger partial charge in [-0.05, 0) is 41.7 Å². The fourth-order valence-electron chi connectivity index (χ4n) is 3.51. The van der Waals surface area contributed by atoms with Gasteiger partial charge in [-0.1, -0.05) is 34.1 Å². The molecule has 106 valence electrons. The van der Waals surface area contributed by atoms with E-state index < -0.39 is 0 Å². The highest BCUT2D eigenvalue weighted by atomic mass is 79.9. The molecule has 4 heteroatoms. The zero-order valence-corrected chi connectivity index (χ0v) is 12.8. The number of benzene rings is 1. The molecule has 1 aliphatic heterocycles. The van der Waals surface area contributed by atoms with Crippen LogP contribution in [0.25, 0.3) is 0 Å². The lowest BCUT2D eigenvalue weighted by molar-refractivity contribution is 0.420. The molecule has 2 aliphatic rings. The summed E-state index contributed by atoms with van der Waals surface area (Å²) in [5.74, 6) is 0.473. The molecule has 1 aromatic heterocycles. The minimum Gasteiger partial charge on any atom is -0.375 e. The maximum absolute atomic E-state index is 14.3. The summed E-state index contributed by atoms with van der Waals surface area (Å²) < 4.78 is 15.1. The zero-order valence-electron chi connectivity index (χ0n) is 11.3. The number of aromatic nitrogens is 1. The van der Waals surface area contributed by atoms with Crippen molar-refractivity contribution in [1.29, 1.82) is 0 Å². The van der Waals surface area contributed by atoms with Gasteiger partial charge >= 0.3 is 0 Å². The first-order valence-corrected chi connectivity index (χ1v) is 7.85. The van der Waals surface area contributed by atoms with Crippen LogP contribution >= 0.6 is 15.9 Å². The molecule has 0 bridgehead atoms. The molecule has 0 radical (unpaired) electrons. The Morgan fingerprint density at radius 1 is 1.33 bits per heavy atom. The van der Waals surface area contributed by atoms with Crippen molar-refractivity contribution in [3.8, 4) is 0 Å². The van der Waals surface area contributed by atoms with Crippen molar-refractivity contribution >= 4 is 21.6 Å². The van der Waals surface area contributed by atoms with Crippen molar-refractivity contribution in [2.45, 2.75) is 18.4 Å². The molecule has 2 aromatic rings. The van der Waals surface area contributed by atoms with Crippen LogP contribution in [0.3, 0.4) is 0 Å². The molecule has 4 rings (SSSR count). The van der Waals surface area contributed by atoms with Gasteiger partial charge in [-0.25, -0.2) is 4.39 Å². The Balaban J connectivity index is 1.84. The van der Waals surface area contributed by atoms with E-state index >= 15 is 0 Å². The third kappa shape index (κ3) is 2.09. The van der Waals surface area contributed by atoms with Crippen LogP contribution in [0.15, 0.2) is 53.3 Å². The molecule has 0 spiro atoms. The first-order chi connectivity index (χ1) is 10.2. The maximum atomic E-state index is 14.3. The average Bonchev–Trinajstić information content (AvgIpc) is 2.97. The summed E-state index contributed by atoms with van der Waals surface area (Å²) in [6, 6.07) is 7.63. The van der Waals surface area contributed by atoms with Gasteiger partial charge in [-0.15, -0.1) is 0 Å². The average molecular weight is 345 g/mol. The molecule has 0 saturated carbocycles. The molecule has 0 fully saturated rings. The second kappa shape index (κ2) is 4.95. The fraction of sp³-hybridized carbons (Fsp3) is 0.235. The molecule has 1 aromatic carbocycles. The molecule has 0 saturated heterocycles. The van der Waals surface area contributed by atoms with E-state index in [1.807, 2.05) is 18.3 Å². The molecule has 1 N–H and O–H groups in total. The van der Waals surface area contributed by atoms with Crippen LogP contribution in [0.2, 0.25) is 0 Å². The fourth-order valence-corrected chi connectivity index (χ4v) is 3.96. The summed E-state index contributed by atoms with van der Waals surface area (Å²) in [6.45, 7) is 0. The largest absolute Gasteiger partial charge is 0.375 e. The van der Waals surface area contributed by atoms with E-state index in [0.717, 1.165) is 22.0 Å². The van der Waals surface area contributed by atoms with Crippen molar-refractivity contribution in [2.24, 2.45) is 5.92 Å². The second-order valence-corrected chi connectivity index (χ2v) is 6.53. The smallest absolute Gasteiger partial charge is 0.147 e. The van der Waals surface area contributed by atoms with Crippen LogP contribution in [0, 0.1) is 11.7 Å². The Morgan fingerprint density at radius 2 is 2.24 bits per heavy atom. The number of nitrogens with one attached hydrogen (secondary N) is 1. The Bertz CT molecular complexity index is 714. The van der Waals surface area contributed by atoms with E-state index in [1.54, 1.807) is 6.20 Å². The Hall–Kier alpha value is -1.68. The predicted octanol–water partition coefficient (Wildman–Crippen LogP) is 4.81. The minimum atomic E-state index is -0.202. The van der Waals surface area contributed by atoms with Crippen LogP contribution < -0.4 is 5.32 Å². The van der Waals surface area contributed by atoms with E-state index in [2.05, 4.69) is 44.4 Å². The van der Waals surface area contributed by atoms with Gasteiger partial charge in [0.15, 0.2) is 0 Å². The highest BCUT2D eigenvalue weighted by Gasteiger charge is 2.39. The number of fused-ring (bicyclic) bond motifs is 3. The minimum absolute atomic E-state index is 0.0990. The number of anilines is 1. The van der Waals surface area contributed by atoms with E-state index in [0.29, 0.717) is 11.6 Å². The number of nitrogens with zero attached hydrogens (tertiary/aromatic N) is 1. The molecule has 3 atom stereocenters. The Labute approximate surface area is 131 Å². The second-order valence-electron chi connectivity index (χ2n) is 5.61. The van der Waals surface area contributed by atoms with Crippen LogP contribution in [-0.4, -0.2) is 4.98 Å². The number of hydrogen-bond acceptors (Lipinski definition) is 2. The van der Waals surface area contributed by atoms with Gasteiger partial charge in [0.2, 0.25) is 0 Å². The molecule has 0 amide bonds. The summed E-state index contributed by atoms with van der Waals surface area (Å²) in [5, 5.41) is 3.40.